The Balaban J connectivity index is 1.42. The third-order valence-corrected chi connectivity index (χ3v) is 6.86. The quantitative estimate of drug-likeness (QED) is 0.406. The van der Waals surface area contributed by atoms with Crippen LogP contribution in [0.25, 0.3) is 16.2 Å². The second kappa shape index (κ2) is 10.0. The molecule has 0 radical (unpaired) electrons. The van der Waals surface area contributed by atoms with Gasteiger partial charge >= 0.3 is 12.0 Å². The van der Waals surface area contributed by atoms with Crippen LogP contribution in [0.3, 0.4) is 0 Å². The number of fused-ring (bicyclic) bond motifs is 2. The van der Waals surface area contributed by atoms with Crippen LogP contribution in [0.4, 0.5) is 10.6 Å². The van der Waals surface area contributed by atoms with E-state index in [1.807, 2.05) is 18.2 Å². The summed E-state index contributed by atoms with van der Waals surface area (Å²) in [7, 11) is 1.78. The molecule has 176 valence electrons. The average molecular weight is 479 g/mol. The van der Waals surface area contributed by atoms with Gasteiger partial charge in [-0.1, -0.05) is 18.2 Å². The molecule has 1 N–H and O–H groups in total. The minimum Gasteiger partial charge on any atom is -0.465 e. The molecule has 34 heavy (non-hydrogen) atoms. The van der Waals surface area contributed by atoms with Crippen molar-refractivity contribution in [2.45, 2.75) is 26.9 Å². The largest absolute Gasteiger partial charge is 0.465 e. The Morgan fingerprint density at radius 3 is 2.88 bits per heavy atom. The van der Waals surface area contributed by atoms with Crippen LogP contribution in [0, 0.1) is 6.92 Å². The molecule has 0 aliphatic carbocycles. The first kappa shape index (κ1) is 23.4. The van der Waals surface area contributed by atoms with Crippen molar-refractivity contribution in [2.24, 2.45) is 0 Å². The third-order valence-electron chi connectivity index (χ3n) is 5.60. The topological polar surface area (TPSA) is 91.8 Å². The van der Waals surface area contributed by atoms with Crippen LogP contribution in [0.5, 0.6) is 0 Å². The summed E-state index contributed by atoms with van der Waals surface area (Å²) in [6.45, 7) is 4.69. The molecule has 1 aromatic carbocycles. The molecular weight excluding hydrogens is 452 g/mol. The van der Waals surface area contributed by atoms with Gasteiger partial charge in [-0.3, -0.25) is 14.9 Å². The third kappa shape index (κ3) is 5.09. The van der Waals surface area contributed by atoms with E-state index < -0.39 is 12.0 Å². The van der Waals surface area contributed by atoms with Crippen molar-refractivity contribution in [3.05, 3.63) is 64.2 Å². The second-order valence-corrected chi connectivity index (χ2v) is 9.18. The number of urea groups is 1. The zero-order valence-electron chi connectivity index (χ0n) is 19.3. The first-order valence-corrected chi connectivity index (χ1v) is 11.8. The molecule has 2 aromatic heterocycles. The van der Waals surface area contributed by atoms with E-state index in [1.54, 1.807) is 42.5 Å². The highest BCUT2D eigenvalue weighted by Gasteiger charge is 2.25. The van der Waals surface area contributed by atoms with E-state index in [2.05, 4.69) is 29.4 Å². The number of anilines is 1. The smallest absolute Gasteiger partial charge is 0.325 e. The van der Waals surface area contributed by atoms with E-state index in [4.69, 9.17) is 4.74 Å². The fraction of sp³-hybridized carbons (Fsp3) is 0.280. The van der Waals surface area contributed by atoms with Crippen LogP contribution < -0.4 is 5.32 Å². The van der Waals surface area contributed by atoms with Crippen molar-refractivity contribution in [1.82, 2.24) is 14.8 Å². The maximum atomic E-state index is 12.7. The van der Waals surface area contributed by atoms with Crippen molar-refractivity contribution in [2.75, 3.05) is 25.5 Å². The number of hydrogen-bond acceptors (Lipinski definition) is 6. The number of aromatic nitrogens is 1. The van der Waals surface area contributed by atoms with E-state index in [1.165, 1.54) is 31.5 Å². The van der Waals surface area contributed by atoms with E-state index in [0.29, 0.717) is 12.4 Å². The highest BCUT2D eigenvalue weighted by molar-refractivity contribution is 7.19. The number of nitrogens with one attached hydrogen (secondary N) is 1. The lowest BCUT2D eigenvalue weighted by atomic mass is 10.1. The normalized spacial score (nSPS) is 13.1. The molecule has 4 rings (SSSR count). The molecule has 8 nitrogen and oxygen atoms in total. The summed E-state index contributed by atoms with van der Waals surface area (Å²) in [5.41, 5.74) is 2.69. The molecule has 0 fully saturated rings. The number of esters is 1. The summed E-state index contributed by atoms with van der Waals surface area (Å²) < 4.78 is 6.15. The molecule has 1 aliphatic rings. The Kier molecular flexibility index (Phi) is 6.93. The molecule has 9 heteroatoms. The van der Waals surface area contributed by atoms with Gasteiger partial charge in [0.05, 0.1) is 19.7 Å². The van der Waals surface area contributed by atoms with E-state index >= 15 is 0 Å². The molecule has 1 aliphatic heterocycles. The molecule has 0 bridgehead atoms. The average Bonchev–Trinajstić information content (AvgIpc) is 3.13. The fourth-order valence-corrected chi connectivity index (χ4v) is 5.03. The monoisotopic (exact) mass is 478 g/mol. The SMILES string of the molecule is CCOC(=O)CN1Cc2cc(/C=C/C(=O)N(C)Cc3sc4ccccc4c3C)cnc2NC1=O. The number of aryl methyl sites for hydroxylation is 1. The van der Waals surface area contributed by atoms with Crippen molar-refractivity contribution >= 4 is 51.2 Å². The van der Waals surface area contributed by atoms with Gasteiger partial charge in [0.1, 0.15) is 12.4 Å². The summed E-state index contributed by atoms with van der Waals surface area (Å²) in [5.74, 6) is -0.134. The lowest BCUT2D eigenvalue weighted by Crippen LogP contribution is -2.42. The number of carbonyl (C=O) groups excluding carboxylic acids is 3. The molecule has 3 heterocycles. The molecule has 0 unspecified atom stereocenters. The van der Waals surface area contributed by atoms with Crippen LogP contribution >= 0.6 is 11.3 Å². The van der Waals surface area contributed by atoms with Gasteiger partial charge in [-0.2, -0.15) is 0 Å². The number of amides is 3. The maximum absolute atomic E-state index is 12.7. The van der Waals surface area contributed by atoms with Crippen molar-refractivity contribution < 1.29 is 19.1 Å². The summed E-state index contributed by atoms with van der Waals surface area (Å²) in [5, 5.41) is 3.91. The van der Waals surface area contributed by atoms with E-state index in [0.717, 1.165) is 11.1 Å². The minimum atomic E-state index is -0.465. The van der Waals surface area contributed by atoms with Gasteiger partial charge in [0.15, 0.2) is 0 Å². The van der Waals surface area contributed by atoms with Gasteiger partial charge in [-0.25, -0.2) is 9.78 Å². The van der Waals surface area contributed by atoms with Crippen LogP contribution in [-0.2, 0) is 27.4 Å². The number of thiophene rings is 1. The summed E-state index contributed by atoms with van der Waals surface area (Å²) >= 11 is 1.71. The van der Waals surface area contributed by atoms with Crippen LogP contribution in [0.2, 0.25) is 0 Å². The number of nitrogens with zero attached hydrogens (tertiary/aromatic N) is 3. The lowest BCUT2D eigenvalue weighted by Gasteiger charge is -2.27. The standard InChI is InChI=1S/C25H26N4O4S/c1-4-33-23(31)15-29-13-18-11-17(12-26-24(18)27-25(29)32)9-10-22(30)28(3)14-21-16(2)19-7-5-6-8-20(19)34-21/h5-12H,4,13-15H2,1-3H3,(H,26,27,32)/b10-9+. The second-order valence-electron chi connectivity index (χ2n) is 8.04. The van der Waals surface area contributed by atoms with Gasteiger partial charge in [0.2, 0.25) is 5.91 Å². The summed E-state index contributed by atoms with van der Waals surface area (Å²) in [6.07, 6.45) is 4.82. The Bertz CT molecular complexity index is 1280. The Morgan fingerprint density at radius 1 is 1.32 bits per heavy atom. The maximum Gasteiger partial charge on any atom is 0.325 e. The van der Waals surface area contributed by atoms with Gasteiger partial charge < -0.3 is 14.5 Å². The first-order valence-electron chi connectivity index (χ1n) is 11.0. The number of hydrogen-bond donors (Lipinski definition) is 1. The lowest BCUT2D eigenvalue weighted by molar-refractivity contribution is -0.143. The van der Waals surface area contributed by atoms with Gasteiger partial charge in [0, 0.05) is 34.5 Å². The predicted molar refractivity (Wildman–Crippen MR) is 132 cm³/mol. The highest BCUT2D eigenvalue weighted by Crippen LogP contribution is 2.31. The van der Waals surface area contributed by atoms with Crippen molar-refractivity contribution in [3.63, 3.8) is 0 Å². The van der Waals surface area contributed by atoms with E-state index in [-0.39, 0.29) is 25.6 Å². The number of benzene rings is 1. The summed E-state index contributed by atoms with van der Waals surface area (Å²) in [4.78, 5) is 45.2. The van der Waals surface area contributed by atoms with E-state index in [9.17, 15) is 14.4 Å². The molecule has 0 atom stereocenters. The fourth-order valence-electron chi connectivity index (χ4n) is 3.76. The molecule has 3 aromatic rings. The van der Waals surface area contributed by atoms with Crippen LogP contribution in [-0.4, -0.2) is 52.9 Å². The van der Waals surface area contributed by atoms with Gasteiger partial charge in [0.25, 0.3) is 0 Å². The number of pyridine rings is 1. The van der Waals surface area contributed by atoms with Crippen LogP contribution in [0.1, 0.15) is 28.5 Å². The number of ether oxygens (including phenoxy) is 1. The Morgan fingerprint density at radius 2 is 2.12 bits per heavy atom. The molecule has 3 amide bonds. The highest BCUT2D eigenvalue weighted by atomic mass is 32.1. The first-order chi connectivity index (χ1) is 16.4. The number of rotatable bonds is 7. The Hall–Kier alpha value is -3.72. The molecule has 0 saturated heterocycles. The minimum absolute atomic E-state index is 0.119. The van der Waals surface area contributed by atoms with Crippen LogP contribution in [0.15, 0.2) is 42.6 Å². The molecule has 0 spiro atoms. The van der Waals surface area contributed by atoms with Crippen molar-refractivity contribution in [1.29, 1.82) is 0 Å². The van der Waals surface area contributed by atoms with Crippen molar-refractivity contribution in [3.8, 4) is 0 Å². The zero-order chi connectivity index (χ0) is 24.2. The predicted octanol–water partition coefficient (Wildman–Crippen LogP) is 4.19. The van der Waals surface area contributed by atoms with Gasteiger partial charge in [-0.15, -0.1) is 11.3 Å². The molecule has 0 saturated carbocycles. The number of likely N-dealkylation sites (N-methyl/N-ethyl adjacent to an activating group) is 1. The number of carbonyl (C=O) groups is 3. The zero-order valence-corrected chi connectivity index (χ0v) is 20.1. The summed E-state index contributed by atoms with van der Waals surface area (Å²) in [6, 6.07) is 9.69. The Labute approximate surface area is 201 Å². The molecular formula is C25H26N4O4S. The van der Waals surface area contributed by atoms with Gasteiger partial charge in [-0.05, 0) is 48.6 Å².